The van der Waals surface area contributed by atoms with Crippen LogP contribution in [0.5, 0.6) is 0 Å². The second-order valence-electron chi connectivity index (χ2n) is 8.31. The maximum Gasteiger partial charge on any atom is 0.239 e. The topological polar surface area (TPSA) is 49.4 Å². The van der Waals surface area contributed by atoms with E-state index in [1.807, 2.05) is 31.2 Å². The Balaban J connectivity index is 1.31. The number of benzene rings is 1. The summed E-state index contributed by atoms with van der Waals surface area (Å²) in [6.07, 6.45) is 4.53. The van der Waals surface area contributed by atoms with Gasteiger partial charge in [0, 0.05) is 35.5 Å². The lowest BCUT2D eigenvalue weighted by atomic mass is 9.79. The van der Waals surface area contributed by atoms with Crippen LogP contribution in [-0.4, -0.2) is 45.4 Å². The molecular weight excluding hydrogens is 424 g/mol. The van der Waals surface area contributed by atoms with Crippen molar-refractivity contribution in [1.29, 1.82) is 0 Å². The van der Waals surface area contributed by atoms with E-state index < -0.39 is 0 Å². The third-order valence-corrected chi connectivity index (χ3v) is 10.9. The van der Waals surface area contributed by atoms with Gasteiger partial charge in [0.15, 0.2) is 0 Å². The Kier molecular flexibility index (Phi) is 6.72. The summed E-state index contributed by atoms with van der Waals surface area (Å²) in [5, 5.41) is 3.61. The zero-order valence-corrected chi connectivity index (χ0v) is 19.3. The first kappa shape index (κ1) is 21.4. The highest BCUT2D eigenvalue weighted by atomic mass is 35.5. The van der Waals surface area contributed by atoms with Crippen LogP contribution in [0, 0.1) is 17.8 Å². The molecule has 3 fully saturated rings. The van der Waals surface area contributed by atoms with Gasteiger partial charge in [-0.3, -0.25) is 9.59 Å². The fourth-order valence-corrected chi connectivity index (χ4v) is 9.30. The molecule has 7 heteroatoms. The Labute approximate surface area is 186 Å². The number of carbonyl (C=O) groups is 2. The Bertz CT molecular complexity index is 736. The molecule has 0 radical (unpaired) electrons. The van der Waals surface area contributed by atoms with Gasteiger partial charge in [0.1, 0.15) is 0 Å². The zero-order chi connectivity index (χ0) is 20.4. The molecule has 1 heterocycles. The van der Waals surface area contributed by atoms with Gasteiger partial charge in [-0.25, -0.2) is 0 Å². The van der Waals surface area contributed by atoms with Crippen molar-refractivity contribution in [3.8, 4) is 0 Å². The first-order valence-corrected chi connectivity index (χ1v) is 12.9. The van der Waals surface area contributed by atoms with Gasteiger partial charge in [-0.2, -0.15) is 0 Å². The summed E-state index contributed by atoms with van der Waals surface area (Å²) in [6.45, 7) is 3.13. The van der Waals surface area contributed by atoms with Crippen LogP contribution in [0.3, 0.4) is 0 Å². The van der Waals surface area contributed by atoms with Gasteiger partial charge in [0.2, 0.25) is 11.8 Å². The van der Waals surface area contributed by atoms with E-state index in [-0.39, 0.29) is 24.3 Å². The molecule has 1 aromatic rings. The van der Waals surface area contributed by atoms with Gasteiger partial charge < -0.3 is 10.2 Å². The van der Waals surface area contributed by atoms with Gasteiger partial charge in [0.25, 0.3) is 0 Å². The molecule has 0 aromatic heterocycles. The number of likely N-dealkylation sites (N-methyl/N-ethyl adjacent to an activating group) is 1. The van der Waals surface area contributed by atoms with E-state index in [1.54, 1.807) is 4.90 Å². The van der Waals surface area contributed by atoms with E-state index in [1.165, 1.54) is 24.3 Å². The van der Waals surface area contributed by atoms with E-state index >= 15 is 0 Å². The number of carbonyl (C=O) groups excluding carboxylic acids is 2. The quantitative estimate of drug-likeness (QED) is 0.694. The average molecular weight is 453 g/mol. The third kappa shape index (κ3) is 4.45. The highest BCUT2D eigenvalue weighted by Gasteiger charge is 2.57. The Morgan fingerprint density at radius 2 is 1.76 bits per heavy atom. The first-order chi connectivity index (χ1) is 14.0. The Hall–Kier alpha value is -0.850. The molecule has 4 nitrogen and oxygen atoms in total. The minimum Gasteiger partial charge on any atom is -0.350 e. The largest absolute Gasteiger partial charge is 0.350 e. The van der Waals surface area contributed by atoms with Crippen molar-refractivity contribution in [1.82, 2.24) is 10.2 Å². The van der Waals surface area contributed by atoms with E-state index in [9.17, 15) is 9.59 Å². The van der Waals surface area contributed by atoms with Crippen molar-refractivity contribution >= 4 is 46.9 Å². The number of halogens is 1. The molecule has 1 N–H and O–H groups in total. The Morgan fingerprint density at radius 1 is 1.14 bits per heavy atom. The molecule has 29 heavy (non-hydrogen) atoms. The number of nitrogens with one attached hydrogen (secondary N) is 1. The molecule has 3 atom stereocenters. The van der Waals surface area contributed by atoms with Crippen molar-refractivity contribution in [2.24, 2.45) is 17.8 Å². The smallest absolute Gasteiger partial charge is 0.239 e. The van der Waals surface area contributed by atoms with Crippen LogP contribution >= 0.6 is 35.1 Å². The molecule has 3 aliphatic rings. The summed E-state index contributed by atoms with van der Waals surface area (Å²) in [5.74, 6) is 3.98. The molecule has 2 saturated carbocycles. The maximum atomic E-state index is 13.2. The molecule has 2 aliphatic carbocycles. The van der Waals surface area contributed by atoms with Crippen LogP contribution in [0.15, 0.2) is 24.3 Å². The normalized spacial score (nSPS) is 27.2. The maximum absolute atomic E-state index is 13.2. The van der Waals surface area contributed by atoms with E-state index in [0.717, 1.165) is 18.4 Å². The van der Waals surface area contributed by atoms with E-state index in [2.05, 4.69) is 28.8 Å². The molecular formula is C22H29ClN2O2S2. The van der Waals surface area contributed by atoms with Gasteiger partial charge in [0.05, 0.1) is 10.6 Å². The molecule has 2 amide bonds. The minimum atomic E-state index is -0.104. The first-order valence-electron chi connectivity index (χ1n) is 10.6. The fourth-order valence-electron chi connectivity index (χ4n) is 5.24. The standard InChI is InChI=1S/C22H29ClN2O2S2/c1-2-25(14-20(26)24-13-15-3-7-19(23)8-4-15)21(27)16-11-17-5-6-18(12-16)22(17)28-9-10-29-22/h3-4,7-8,16-18H,2,5-6,9-14H2,1H3,(H,24,26)/t16?,17-,18+. The summed E-state index contributed by atoms with van der Waals surface area (Å²) < 4.78 is 0.393. The van der Waals surface area contributed by atoms with Crippen molar-refractivity contribution in [3.05, 3.63) is 34.9 Å². The number of hydrogen-bond donors (Lipinski definition) is 1. The van der Waals surface area contributed by atoms with E-state index in [0.29, 0.717) is 34.0 Å². The van der Waals surface area contributed by atoms with Crippen molar-refractivity contribution in [3.63, 3.8) is 0 Å². The zero-order valence-electron chi connectivity index (χ0n) is 16.9. The number of amides is 2. The van der Waals surface area contributed by atoms with Gasteiger partial charge in [-0.05, 0) is 62.1 Å². The average Bonchev–Trinajstić information content (AvgIpc) is 3.26. The minimum absolute atomic E-state index is 0.0870. The van der Waals surface area contributed by atoms with E-state index in [4.69, 9.17) is 11.6 Å². The summed E-state index contributed by atoms with van der Waals surface area (Å²) in [4.78, 5) is 27.4. The molecule has 1 aliphatic heterocycles. The highest BCUT2D eigenvalue weighted by Crippen LogP contribution is 2.65. The molecule has 1 saturated heterocycles. The van der Waals surface area contributed by atoms with Crippen molar-refractivity contribution < 1.29 is 9.59 Å². The molecule has 1 spiro atoms. The highest BCUT2D eigenvalue weighted by molar-refractivity contribution is 8.21. The lowest BCUT2D eigenvalue weighted by Crippen LogP contribution is -2.47. The van der Waals surface area contributed by atoms with Crippen molar-refractivity contribution in [2.75, 3.05) is 24.6 Å². The van der Waals surface area contributed by atoms with Crippen molar-refractivity contribution in [2.45, 2.75) is 43.2 Å². The SMILES string of the molecule is CCN(CC(=O)NCc1ccc(Cl)cc1)C(=O)C1C[C@H]2CC[C@@H](C1)C21SCCS1. The number of rotatable bonds is 6. The van der Waals surface area contributed by atoms with Crippen LogP contribution < -0.4 is 5.32 Å². The van der Waals surface area contributed by atoms with Gasteiger partial charge in [-0.15, -0.1) is 23.5 Å². The summed E-state index contributed by atoms with van der Waals surface area (Å²) in [5.41, 5.74) is 0.998. The molecule has 1 unspecified atom stereocenters. The predicted octanol–water partition coefficient (Wildman–Crippen LogP) is 4.42. The van der Waals surface area contributed by atoms with Gasteiger partial charge >= 0.3 is 0 Å². The number of nitrogens with zero attached hydrogens (tertiary/aromatic N) is 1. The lowest BCUT2D eigenvalue weighted by molar-refractivity contribution is -0.140. The molecule has 4 rings (SSSR count). The summed E-state index contributed by atoms with van der Waals surface area (Å²) in [6, 6.07) is 7.43. The fraction of sp³-hybridized carbons (Fsp3) is 0.636. The van der Waals surface area contributed by atoms with Gasteiger partial charge in [-0.1, -0.05) is 23.7 Å². The van der Waals surface area contributed by atoms with Crippen LogP contribution in [0.4, 0.5) is 0 Å². The molecule has 2 bridgehead atoms. The summed E-state index contributed by atoms with van der Waals surface area (Å²) >= 11 is 10.2. The van der Waals surface area contributed by atoms with Crippen LogP contribution in [0.25, 0.3) is 0 Å². The monoisotopic (exact) mass is 452 g/mol. The lowest BCUT2D eigenvalue weighted by Gasteiger charge is -2.43. The Morgan fingerprint density at radius 3 is 2.34 bits per heavy atom. The molecule has 158 valence electrons. The number of thioether (sulfide) groups is 2. The van der Waals surface area contributed by atoms with Crippen LogP contribution in [0.2, 0.25) is 5.02 Å². The number of hydrogen-bond acceptors (Lipinski definition) is 4. The third-order valence-electron chi connectivity index (χ3n) is 6.66. The van der Waals surface area contributed by atoms with Crippen LogP contribution in [0.1, 0.15) is 38.2 Å². The summed E-state index contributed by atoms with van der Waals surface area (Å²) in [7, 11) is 0. The second-order valence-corrected chi connectivity index (χ2v) is 11.8. The predicted molar refractivity (Wildman–Crippen MR) is 122 cm³/mol. The van der Waals surface area contributed by atoms with Crippen LogP contribution in [-0.2, 0) is 16.1 Å². The second kappa shape index (κ2) is 9.11. The molecule has 1 aromatic carbocycles.